The van der Waals surface area contributed by atoms with Crippen molar-refractivity contribution in [2.75, 3.05) is 19.8 Å². The van der Waals surface area contributed by atoms with Gasteiger partial charge in [-0.05, 0) is 67.2 Å². The van der Waals surface area contributed by atoms with Gasteiger partial charge in [0.05, 0.1) is 0 Å². The summed E-state index contributed by atoms with van der Waals surface area (Å²) in [6, 6.07) is 16.6. The second-order valence-corrected chi connectivity index (χ2v) is 7.78. The molecule has 0 heterocycles. The van der Waals surface area contributed by atoms with Crippen LogP contribution in [-0.2, 0) is 9.53 Å². The molecule has 0 bridgehead atoms. The van der Waals surface area contributed by atoms with E-state index >= 15 is 0 Å². The lowest BCUT2D eigenvalue weighted by molar-refractivity contribution is -0.139. The van der Waals surface area contributed by atoms with Gasteiger partial charge in [0, 0.05) is 12.2 Å². The summed E-state index contributed by atoms with van der Waals surface area (Å²) < 4.78 is 11.2. The summed E-state index contributed by atoms with van der Waals surface area (Å²) in [5.74, 6) is 1.30. The van der Waals surface area contributed by atoms with Crippen LogP contribution in [0.25, 0.3) is 11.1 Å². The fourth-order valence-corrected chi connectivity index (χ4v) is 3.87. The van der Waals surface area contributed by atoms with Gasteiger partial charge >= 0.3 is 5.97 Å². The summed E-state index contributed by atoms with van der Waals surface area (Å²) in [6.45, 7) is 5.99. The molecule has 0 saturated heterocycles. The molecule has 3 rings (SSSR count). The molecular formula is C25H30O4. The van der Waals surface area contributed by atoms with Crippen LogP contribution in [0.4, 0.5) is 0 Å². The highest BCUT2D eigenvalue weighted by Gasteiger charge is 2.24. The summed E-state index contributed by atoms with van der Waals surface area (Å²) in [6.07, 6.45) is 4.18. The lowest BCUT2D eigenvalue weighted by Crippen LogP contribution is -2.17. The maximum Gasteiger partial charge on any atom is 0.333 e. The monoisotopic (exact) mass is 394 g/mol. The number of hydrogen-bond donors (Lipinski definition) is 1. The highest BCUT2D eigenvalue weighted by molar-refractivity contribution is 5.86. The first-order valence-corrected chi connectivity index (χ1v) is 10.3. The van der Waals surface area contributed by atoms with E-state index in [0.717, 1.165) is 42.6 Å². The van der Waals surface area contributed by atoms with Gasteiger partial charge in [0.2, 0.25) is 0 Å². The van der Waals surface area contributed by atoms with Crippen LogP contribution >= 0.6 is 0 Å². The van der Waals surface area contributed by atoms with E-state index in [4.69, 9.17) is 9.47 Å². The van der Waals surface area contributed by atoms with Crippen LogP contribution in [0.1, 0.15) is 44.1 Å². The standard InChI is InChI=1S/C25H30O4/c1-18(2)25(27)29-15-14-28-24-16-22(20-6-4-3-5-7-20)12-13-23(24)21-10-8-19(17-26)9-11-21/h3-7,12-13,16,19,21,26H,1,8-11,14-15,17H2,2H3. The molecule has 0 unspecified atom stereocenters. The lowest BCUT2D eigenvalue weighted by atomic mass is 9.78. The molecule has 4 nitrogen and oxygen atoms in total. The van der Waals surface area contributed by atoms with Crippen LogP contribution in [0.5, 0.6) is 5.75 Å². The lowest BCUT2D eigenvalue weighted by Gasteiger charge is -2.29. The van der Waals surface area contributed by atoms with Crippen LogP contribution in [0, 0.1) is 5.92 Å². The molecule has 2 aromatic rings. The second-order valence-electron chi connectivity index (χ2n) is 7.78. The van der Waals surface area contributed by atoms with Crippen LogP contribution in [0.3, 0.4) is 0 Å². The summed E-state index contributed by atoms with van der Waals surface area (Å²) in [5, 5.41) is 9.42. The van der Waals surface area contributed by atoms with E-state index in [2.05, 4.69) is 36.9 Å². The average Bonchev–Trinajstić information content (AvgIpc) is 2.77. The van der Waals surface area contributed by atoms with Crippen molar-refractivity contribution in [3.63, 3.8) is 0 Å². The smallest absolute Gasteiger partial charge is 0.333 e. The van der Waals surface area contributed by atoms with E-state index in [0.29, 0.717) is 24.0 Å². The number of esters is 1. The molecule has 4 heteroatoms. The Morgan fingerprint density at radius 3 is 2.41 bits per heavy atom. The van der Waals surface area contributed by atoms with Crippen molar-refractivity contribution in [2.45, 2.75) is 38.5 Å². The Hall–Kier alpha value is -2.59. The summed E-state index contributed by atoms with van der Waals surface area (Å²) in [5.41, 5.74) is 3.83. The Labute approximate surface area is 173 Å². The third-order valence-corrected chi connectivity index (χ3v) is 5.59. The molecule has 1 fully saturated rings. The number of carbonyl (C=O) groups excluding carboxylic acids is 1. The van der Waals surface area contributed by atoms with Crippen LogP contribution in [0.2, 0.25) is 0 Å². The van der Waals surface area contributed by atoms with Crippen molar-refractivity contribution in [1.82, 2.24) is 0 Å². The van der Waals surface area contributed by atoms with Gasteiger partial charge in [-0.1, -0.05) is 49.0 Å². The van der Waals surface area contributed by atoms with Crippen LogP contribution in [0.15, 0.2) is 60.7 Å². The Morgan fingerprint density at radius 2 is 1.76 bits per heavy atom. The van der Waals surface area contributed by atoms with Crippen molar-refractivity contribution in [1.29, 1.82) is 0 Å². The zero-order chi connectivity index (χ0) is 20.6. The Bertz CT molecular complexity index is 820. The normalized spacial score (nSPS) is 18.8. The molecule has 0 aromatic heterocycles. The van der Waals surface area contributed by atoms with E-state index in [-0.39, 0.29) is 13.2 Å². The second kappa shape index (κ2) is 10.3. The molecule has 1 aliphatic carbocycles. The first-order valence-electron chi connectivity index (χ1n) is 10.3. The number of ether oxygens (including phenoxy) is 2. The van der Waals surface area contributed by atoms with Gasteiger partial charge < -0.3 is 14.6 Å². The van der Waals surface area contributed by atoms with E-state index in [9.17, 15) is 9.90 Å². The summed E-state index contributed by atoms with van der Waals surface area (Å²) in [7, 11) is 0. The quantitative estimate of drug-likeness (QED) is 0.384. The topological polar surface area (TPSA) is 55.8 Å². The first kappa shape index (κ1) is 21.1. The molecule has 0 atom stereocenters. The minimum Gasteiger partial charge on any atom is -0.490 e. The van der Waals surface area contributed by atoms with Crippen molar-refractivity contribution >= 4 is 5.97 Å². The molecule has 0 spiro atoms. The van der Waals surface area contributed by atoms with Gasteiger partial charge in [0.1, 0.15) is 19.0 Å². The predicted molar refractivity (Wildman–Crippen MR) is 115 cm³/mol. The van der Waals surface area contributed by atoms with Gasteiger partial charge in [0.25, 0.3) is 0 Å². The SMILES string of the molecule is C=C(C)C(=O)OCCOc1cc(-c2ccccc2)ccc1C1CCC(CO)CC1. The molecule has 0 radical (unpaired) electrons. The van der Waals surface area contributed by atoms with Crippen molar-refractivity contribution in [2.24, 2.45) is 5.92 Å². The zero-order valence-corrected chi connectivity index (χ0v) is 17.1. The molecule has 0 amide bonds. The average molecular weight is 395 g/mol. The third-order valence-electron chi connectivity index (χ3n) is 5.59. The Morgan fingerprint density at radius 1 is 1.03 bits per heavy atom. The van der Waals surface area contributed by atoms with Gasteiger partial charge in [-0.15, -0.1) is 0 Å². The minimum atomic E-state index is -0.394. The molecule has 154 valence electrons. The number of carbonyl (C=O) groups is 1. The first-order chi connectivity index (χ1) is 14.1. The summed E-state index contributed by atoms with van der Waals surface area (Å²) >= 11 is 0. The summed E-state index contributed by atoms with van der Waals surface area (Å²) in [4.78, 5) is 11.6. The predicted octanol–water partition coefficient (Wildman–Crippen LogP) is 5.12. The maximum absolute atomic E-state index is 11.6. The van der Waals surface area contributed by atoms with E-state index in [1.54, 1.807) is 6.92 Å². The molecule has 1 saturated carbocycles. The Balaban J connectivity index is 1.75. The number of hydrogen-bond acceptors (Lipinski definition) is 4. The van der Waals surface area contributed by atoms with Crippen molar-refractivity contribution in [3.05, 3.63) is 66.2 Å². The largest absolute Gasteiger partial charge is 0.490 e. The third kappa shape index (κ3) is 5.70. The van der Waals surface area contributed by atoms with Crippen molar-refractivity contribution < 1.29 is 19.4 Å². The molecular weight excluding hydrogens is 364 g/mol. The highest BCUT2D eigenvalue weighted by atomic mass is 16.6. The van der Waals surface area contributed by atoms with Crippen LogP contribution < -0.4 is 4.74 Å². The van der Waals surface area contributed by atoms with Crippen LogP contribution in [-0.4, -0.2) is 30.9 Å². The van der Waals surface area contributed by atoms with Gasteiger partial charge in [-0.3, -0.25) is 0 Å². The molecule has 29 heavy (non-hydrogen) atoms. The van der Waals surface area contributed by atoms with E-state index in [1.807, 2.05) is 18.2 Å². The number of aliphatic hydroxyl groups is 1. The van der Waals surface area contributed by atoms with Crippen molar-refractivity contribution in [3.8, 4) is 16.9 Å². The molecule has 0 aliphatic heterocycles. The molecule has 1 N–H and O–H groups in total. The molecule has 1 aliphatic rings. The van der Waals surface area contributed by atoms with Gasteiger partial charge in [0.15, 0.2) is 0 Å². The van der Waals surface area contributed by atoms with E-state index in [1.165, 1.54) is 5.56 Å². The fourth-order valence-electron chi connectivity index (χ4n) is 3.87. The van der Waals surface area contributed by atoms with Gasteiger partial charge in [-0.2, -0.15) is 0 Å². The minimum absolute atomic E-state index is 0.192. The maximum atomic E-state index is 11.6. The number of rotatable bonds is 8. The molecule has 2 aromatic carbocycles. The number of benzene rings is 2. The van der Waals surface area contributed by atoms with E-state index < -0.39 is 5.97 Å². The highest BCUT2D eigenvalue weighted by Crippen LogP contribution is 2.41. The zero-order valence-electron chi connectivity index (χ0n) is 17.1. The Kier molecular flexibility index (Phi) is 7.48. The number of aliphatic hydroxyl groups excluding tert-OH is 1. The fraction of sp³-hybridized carbons (Fsp3) is 0.400. The van der Waals surface area contributed by atoms with Gasteiger partial charge in [-0.25, -0.2) is 4.79 Å².